The third kappa shape index (κ3) is 14.3. The Kier molecular flexibility index (Phi) is 18.6. The molecule has 1 fully saturated rings. The van der Waals surface area contributed by atoms with Crippen LogP contribution in [0.1, 0.15) is 110 Å². The monoisotopic (exact) mass is 442 g/mol. The minimum absolute atomic E-state index is 0.140. The predicted molar refractivity (Wildman–Crippen MR) is 127 cm³/mol. The molecule has 1 aliphatic heterocycles. The zero-order valence-corrected chi connectivity index (χ0v) is 20.1. The highest BCUT2D eigenvalue weighted by molar-refractivity contribution is 4.89. The number of aliphatic hydroxyl groups excluding tert-OH is 3. The van der Waals surface area contributed by atoms with Gasteiger partial charge in [-0.25, -0.2) is 0 Å². The molecule has 1 aliphatic rings. The van der Waals surface area contributed by atoms with Crippen molar-refractivity contribution >= 4 is 0 Å². The van der Waals surface area contributed by atoms with Crippen LogP contribution in [0.3, 0.4) is 0 Å². The fraction of sp³-hybridized carbons (Fsp3) is 0.923. The number of allylic oxidation sites excluding steroid dienone is 1. The second-order valence-electron chi connectivity index (χ2n) is 9.10. The summed E-state index contributed by atoms with van der Waals surface area (Å²) in [5.41, 5.74) is 0. The van der Waals surface area contributed by atoms with Crippen molar-refractivity contribution in [2.45, 2.75) is 134 Å². The third-order valence-corrected chi connectivity index (χ3v) is 6.21. The van der Waals surface area contributed by atoms with Crippen LogP contribution in [0.4, 0.5) is 0 Å². The molecule has 0 spiro atoms. The molecule has 0 radical (unpaired) electrons. The lowest BCUT2D eigenvalue weighted by Crippen LogP contribution is -2.42. The van der Waals surface area contributed by atoms with E-state index in [9.17, 15) is 10.2 Å². The molecule has 1 heterocycles. The lowest BCUT2D eigenvalue weighted by Gasteiger charge is -2.23. The molecule has 1 rings (SSSR count). The minimum atomic E-state index is -1.02. The molecule has 0 aromatic rings. The van der Waals surface area contributed by atoms with Crippen molar-refractivity contribution in [3.63, 3.8) is 0 Å². The molecular weight excluding hydrogens is 392 g/mol. The molecule has 5 heteroatoms. The summed E-state index contributed by atoms with van der Waals surface area (Å²) in [6.07, 6.45) is 22.7. The van der Waals surface area contributed by atoms with Gasteiger partial charge in [0.05, 0.1) is 19.8 Å². The summed E-state index contributed by atoms with van der Waals surface area (Å²) in [5, 5.41) is 28.7. The van der Waals surface area contributed by atoms with Crippen LogP contribution >= 0.6 is 0 Å². The van der Waals surface area contributed by atoms with Crippen LogP contribution in [0.25, 0.3) is 0 Å². The van der Waals surface area contributed by atoms with Gasteiger partial charge in [0.15, 0.2) is 0 Å². The van der Waals surface area contributed by atoms with Crippen LogP contribution in [-0.2, 0) is 9.47 Å². The number of hydrogen-bond acceptors (Lipinski definition) is 5. The molecule has 0 aromatic carbocycles. The van der Waals surface area contributed by atoms with Gasteiger partial charge in [-0.05, 0) is 19.3 Å². The highest BCUT2D eigenvalue weighted by Gasteiger charge is 2.40. The van der Waals surface area contributed by atoms with Crippen LogP contribution in [0.15, 0.2) is 12.2 Å². The molecule has 0 saturated carbocycles. The van der Waals surface area contributed by atoms with Gasteiger partial charge in [-0.1, -0.05) is 103 Å². The Morgan fingerprint density at radius 3 is 1.90 bits per heavy atom. The van der Waals surface area contributed by atoms with Crippen molar-refractivity contribution in [2.24, 2.45) is 0 Å². The Bertz CT molecular complexity index is 415. The van der Waals surface area contributed by atoms with E-state index in [1.807, 2.05) is 0 Å². The molecular formula is C26H50O5. The van der Waals surface area contributed by atoms with Crippen molar-refractivity contribution in [1.29, 1.82) is 0 Å². The van der Waals surface area contributed by atoms with Gasteiger partial charge < -0.3 is 24.8 Å². The van der Waals surface area contributed by atoms with Crippen molar-refractivity contribution in [3.05, 3.63) is 12.2 Å². The fourth-order valence-corrected chi connectivity index (χ4v) is 4.22. The summed E-state index contributed by atoms with van der Waals surface area (Å²) in [7, 11) is 0. The summed E-state index contributed by atoms with van der Waals surface area (Å²) < 4.78 is 11.0. The second-order valence-corrected chi connectivity index (χ2v) is 9.10. The molecule has 0 amide bonds. The van der Waals surface area contributed by atoms with Crippen molar-refractivity contribution in [2.75, 3.05) is 19.8 Å². The van der Waals surface area contributed by atoms with E-state index >= 15 is 0 Å². The Labute approximate surface area is 191 Å². The molecule has 184 valence electrons. The maximum atomic E-state index is 9.89. The van der Waals surface area contributed by atoms with E-state index in [1.54, 1.807) is 0 Å². The van der Waals surface area contributed by atoms with Gasteiger partial charge in [0.1, 0.15) is 24.4 Å². The van der Waals surface area contributed by atoms with E-state index in [4.69, 9.17) is 14.6 Å². The quantitative estimate of drug-likeness (QED) is 0.166. The molecule has 0 aromatic heterocycles. The Balaban J connectivity index is 1.84. The number of rotatable bonds is 21. The second kappa shape index (κ2) is 20.2. The zero-order chi connectivity index (χ0) is 22.6. The predicted octanol–water partition coefficient (Wildman–Crippen LogP) is 5.30. The molecule has 4 atom stereocenters. The normalized spacial score (nSPS) is 22.5. The molecule has 0 aliphatic carbocycles. The van der Waals surface area contributed by atoms with E-state index in [0.29, 0.717) is 6.61 Å². The first kappa shape index (κ1) is 28.6. The summed E-state index contributed by atoms with van der Waals surface area (Å²) in [4.78, 5) is 0. The summed E-state index contributed by atoms with van der Waals surface area (Å²) in [5.74, 6) is 0. The van der Waals surface area contributed by atoms with Gasteiger partial charge in [0.25, 0.3) is 0 Å². The SMILES string of the molecule is CCCCCCCCCCCCCCCC/C=C/CCO[C@@H]1[C@H]([C@@H](O)CO)OC[C@H]1O. The van der Waals surface area contributed by atoms with E-state index in [0.717, 1.165) is 12.8 Å². The van der Waals surface area contributed by atoms with Gasteiger partial charge in [-0.2, -0.15) is 0 Å². The van der Waals surface area contributed by atoms with E-state index in [2.05, 4.69) is 19.1 Å². The van der Waals surface area contributed by atoms with E-state index < -0.39 is 31.0 Å². The van der Waals surface area contributed by atoms with Crippen LogP contribution in [0.5, 0.6) is 0 Å². The number of hydrogen-bond donors (Lipinski definition) is 3. The van der Waals surface area contributed by atoms with Gasteiger partial charge in [0, 0.05) is 0 Å². The molecule has 5 nitrogen and oxygen atoms in total. The highest BCUT2D eigenvalue weighted by atomic mass is 16.6. The first-order valence-electron chi connectivity index (χ1n) is 13.1. The average molecular weight is 443 g/mol. The van der Waals surface area contributed by atoms with Crippen LogP contribution in [0.2, 0.25) is 0 Å². The van der Waals surface area contributed by atoms with Crippen LogP contribution in [0, 0.1) is 0 Å². The van der Waals surface area contributed by atoms with E-state index in [-0.39, 0.29) is 6.61 Å². The fourth-order valence-electron chi connectivity index (χ4n) is 4.22. The lowest BCUT2D eigenvalue weighted by atomic mass is 10.0. The Morgan fingerprint density at radius 2 is 1.35 bits per heavy atom. The van der Waals surface area contributed by atoms with Crippen LogP contribution < -0.4 is 0 Å². The molecule has 0 bridgehead atoms. The number of unbranched alkanes of at least 4 members (excludes halogenated alkanes) is 14. The summed E-state index contributed by atoms with van der Waals surface area (Å²) in [6, 6.07) is 0. The van der Waals surface area contributed by atoms with E-state index in [1.165, 1.54) is 89.9 Å². The maximum Gasteiger partial charge on any atom is 0.114 e. The minimum Gasteiger partial charge on any atom is -0.394 e. The smallest absolute Gasteiger partial charge is 0.114 e. The van der Waals surface area contributed by atoms with Crippen LogP contribution in [-0.4, -0.2) is 59.6 Å². The van der Waals surface area contributed by atoms with Gasteiger partial charge in [-0.15, -0.1) is 0 Å². The molecule has 31 heavy (non-hydrogen) atoms. The van der Waals surface area contributed by atoms with Crippen molar-refractivity contribution < 1.29 is 24.8 Å². The molecule has 1 saturated heterocycles. The Hall–Kier alpha value is -0.460. The topological polar surface area (TPSA) is 79.2 Å². The van der Waals surface area contributed by atoms with Gasteiger partial charge in [0.2, 0.25) is 0 Å². The summed E-state index contributed by atoms with van der Waals surface area (Å²) >= 11 is 0. The molecule has 0 unspecified atom stereocenters. The lowest BCUT2D eigenvalue weighted by molar-refractivity contribution is -0.0924. The standard InChI is InChI=1S/C26H50O5/c1-2-3-4-5-6-7-8-9-10-11-12-13-14-15-16-17-18-19-20-30-26-24(29)22-31-25(26)23(28)21-27/h17-18,23-29H,2-16,19-22H2,1H3/b18-17+/t23-,24+,25-,26-/m0/s1. The van der Waals surface area contributed by atoms with Gasteiger partial charge >= 0.3 is 0 Å². The number of ether oxygens (including phenoxy) is 2. The van der Waals surface area contributed by atoms with Crippen molar-refractivity contribution in [3.8, 4) is 0 Å². The average Bonchev–Trinajstić information content (AvgIpc) is 3.15. The Morgan fingerprint density at radius 1 is 0.839 bits per heavy atom. The maximum absolute atomic E-state index is 9.89. The zero-order valence-electron chi connectivity index (χ0n) is 20.1. The summed E-state index contributed by atoms with van der Waals surface area (Å²) in [6.45, 7) is 2.51. The van der Waals surface area contributed by atoms with Gasteiger partial charge in [-0.3, -0.25) is 0 Å². The number of aliphatic hydroxyl groups is 3. The first-order chi connectivity index (χ1) is 15.2. The third-order valence-electron chi connectivity index (χ3n) is 6.21. The highest BCUT2D eigenvalue weighted by Crippen LogP contribution is 2.21. The molecule has 3 N–H and O–H groups in total. The van der Waals surface area contributed by atoms with Crippen molar-refractivity contribution in [1.82, 2.24) is 0 Å². The first-order valence-corrected chi connectivity index (χ1v) is 13.1. The largest absolute Gasteiger partial charge is 0.394 e.